The molecule has 0 aliphatic heterocycles. The van der Waals surface area contributed by atoms with E-state index in [1.807, 2.05) is 24.3 Å². The molecule has 2 rings (SSSR count). The number of nitrogens with zero attached hydrogens (tertiary/aromatic N) is 1. The lowest BCUT2D eigenvalue weighted by molar-refractivity contribution is -0.131. The van der Waals surface area contributed by atoms with Crippen molar-refractivity contribution in [3.05, 3.63) is 35.9 Å². The lowest BCUT2D eigenvalue weighted by atomic mass is 10.2. The first-order valence-corrected chi connectivity index (χ1v) is 7.18. The van der Waals surface area contributed by atoms with Crippen molar-refractivity contribution in [2.75, 3.05) is 26.3 Å². The second-order valence-corrected chi connectivity index (χ2v) is 5.08. The van der Waals surface area contributed by atoms with Crippen LogP contribution in [0.25, 0.3) is 6.08 Å². The summed E-state index contributed by atoms with van der Waals surface area (Å²) in [4.78, 5) is 12.7. The van der Waals surface area contributed by atoms with Crippen LogP contribution in [0.2, 0.25) is 0 Å². The molecule has 0 atom stereocenters. The molecule has 0 heterocycles. The number of carbonyl (C=O) groups is 1. The second kappa shape index (κ2) is 7.81. The number of aliphatic hydroxyl groups is 1. The maximum Gasteiger partial charge on any atom is 0.328 e. The summed E-state index contributed by atoms with van der Waals surface area (Å²) in [6, 6.07) is 7.91. The van der Waals surface area contributed by atoms with Crippen molar-refractivity contribution in [3.8, 4) is 5.75 Å². The van der Waals surface area contributed by atoms with E-state index in [0.29, 0.717) is 19.2 Å². The number of hydrogen-bond acceptors (Lipinski definition) is 4. The van der Waals surface area contributed by atoms with E-state index in [-0.39, 0.29) is 6.61 Å². The zero-order valence-electron chi connectivity index (χ0n) is 11.9. The molecular weight excluding hydrogens is 270 g/mol. The van der Waals surface area contributed by atoms with Crippen molar-refractivity contribution in [1.82, 2.24) is 4.90 Å². The van der Waals surface area contributed by atoms with E-state index in [1.165, 1.54) is 12.8 Å². The van der Waals surface area contributed by atoms with E-state index in [0.717, 1.165) is 23.9 Å². The van der Waals surface area contributed by atoms with Crippen molar-refractivity contribution in [2.45, 2.75) is 18.9 Å². The van der Waals surface area contributed by atoms with E-state index in [2.05, 4.69) is 4.90 Å². The number of benzene rings is 1. The molecule has 1 aliphatic rings. The summed E-state index contributed by atoms with van der Waals surface area (Å²) in [6.07, 6.45) is 5.08. The highest BCUT2D eigenvalue weighted by Crippen LogP contribution is 2.26. The Hall–Kier alpha value is -1.85. The molecule has 0 saturated heterocycles. The molecule has 0 spiro atoms. The third kappa shape index (κ3) is 5.57. The molecule has 5 heteroatoms. The Morgan fingerprint density at radius 3 is 2.57 bits per heavy atom. The van der Waals surface area contributed by atoms with Gasteiger partial charge in [0.05, 0.1) is 6.61 Å². The van der Waals surface area contributed by atoms with Crippen molar-refractivity contribution in [3.63, 3.8) is 0 Å². The summed E-state index contributed by atoms with van der Waals surface area (Å²) in [7, 11) is 0. The van der Waals surface area contributed by atoms with Crippen LogP contribution in [0.15, 0.2) is 30.3 Å². The molecule has 0 unspecified atom stereocenters. The van der Waals surface area contributed by atoms with Crippen molar-refractivity contribution in [1.29, 1.82) is 0 Å². The fourth-order valence-electron chi connectivity index (χ4n) is 2.17. The minimum atomic E-state index is -0.959. The van der Waals surface area contributed by atoms with Crippen LogP contribution >= 0.6 is 0 Å². The monoisotopic (exact) mass is 291 g/mol. The normalized spacial score (nSPS) is 14.8. The number of hydrogen-bond donors (Lipinski definition) is 2. The van der Waals surface area contributed by atoms with Gasteiger partial charge in [0.25, 0.3) is 0 Å². The molecule has 0 radical (unpaired) electrons. The number of carboxylic acid groups (broad SMARTS) is 1. The third-order valence-electron chi connectivity index (χ3n) is 3.40. The van der Waals surface area contributed by atoms with Crippen molar-refractivity contribution < 1.29 is 19.7 Å². The van der Waals surface area contributed by atoms with E-state index >= 15 is 0 Å². The first-order chi connectivity index (χ1) is 10.2. The minimum Gasteiger partial charge on any atom is -0.492 e. The van der Waals surface area contributed by atoms with Crippen molar-refractivity contribution in [2.24, 2.45) is 0 Å². The fourth-order valence-corrected chi connectivity index (χ4v) is 2.17. The average molecular weight is 291 g/mol. The van der Waals surface area contributed by atoms with Crippen LogP contribution < -0.4 is 4.74 Å². The van der Waals surface area contributed by atoms with Gasteiger partial charge in [-0.15, -0.1) is 0 Å². The molecule has 2 N–H and O–H groups in total. The Labute approximate surface area is 124 Å². The van der Waals surface area contributed by atoms with E-state index < -0.39 is 5.97 Å². The smallest absolute Gasteiger partial charge is 0.328 e. The van der Waals surface area contributed by atoms with Crippen LogP contribution in [0, 0.1) is 0 Å². The summed E-state index contributed by atoms with van der Waals surface area (Å²) >= 11 is 0. The number of rotatable bonds is 9. The second-order valence-electron chi connectivity index (χ2n) is 5.08. The summed E-state index contributed by atoms with van der Waals surface area (Å²) in [5.41, 5.74) is 0.824. The van der Waals surface area contributed by atoms with Crippen LogP contribution in [-0.4, -0.2) is 53.4 Å². The van der Waals surface area contributed by atoms with Gasteiger partial charge in [-0.3, -0.25) is 4.90 Å². The zero-order chi connectivity index (χ0) is 15.1. The third-order valence-corrected chi connectivity index (χ3v) is 3.40. The molecule has 1 fully saturated rings. The van der Waals surface area contributed by atoms with E-state index in [1.54, 1.807) is 6.08 Å². The molecule has 114 valence electrons. The van der Waals surface area contributed by atoms with Gasteiger partial charge in [-0.1, -0.05) is 12.1 Å². The summed E-state index contributed by atoms with van der Waals surface area (Å²) in [6.45, 7) is 2.28. The summed E-state index contributed by atoms with van der Waals surface area (Å²) < 4.78 is 5.68. The maximum atomic E-state index is 10.4. The molecule has 0 bridgehead atoms. The Bertz CT molecular complexity index is 480. The number of aliphatic carboxylic acids is 1. The molecule has 5 nitrogen and oxygen atoms in total. The van der Waals surface area contributed by atoms with Crippen molar-refractivity contribution >= 4 is 12.0 Å². The Kier molecular flexibility index (Phi) is 5.78. The topological polar surface area (TPSA) is 70.0 Å². The van der Waals surface area contributed by atoms with Crippen LogP contribution in [0.1, 0.15) is 18.4 Å². The lowest BCUT2D eigenvalue weighted by Crippen LogP contribution is -2.33. The van der Waals surface area contributed by atoms with Gasteiger partial charge in [0.15, 0.2) is 0 Å². The predicted octanol–water partition coefficient (Wildman–Crippen LogP) is 1.62. The predicted molar refractivity (Wildman–Crippen MR) is 80.3 cm³/mol. The molecule has 21 heavy (non-hydrogen) atoms. The largest absolute Gasteiger partial charge is 0.492 e. The Morgan fingerprint density at radius 2 is 2.00 bits per heavy atom. The van der Waals surface area contributed by atoms with Crippen LogP contribution in [-0.2, 0) is 4.79 Å². The van der Waals surface area contributed by atoms with Gasteiger partial charge < -0.3 is 14.9 Å². The standard InChI is InChI=1S/C16H21NO4/c18-11-9-17(14-4-5-14)10-12-21-15-6-1-13(2-7-15)3-8-16(19)20/h1-3,6-8,14,18H,4-5,9-12H2,(H,19,20). The Balaban J connectivity index is 1.76. The highest BCUT2D eigenvalue weighted by Gasteiger charge is 2.28. The van der Waals surface area contributed by atoms with E-state index in [9.17, 15) is 4.79 Å². The Morgan fingerprint density at radius 1 is 1.29 bits per heavy atom. The SMILES string of the molecule is O=C(O)C=Cc1ccc(OCCN(CCO)C2CC2)cc1. The van der Waals surface area contributed by atoms with Gasteiger partial charge in [0.2, 0.25) is 0 Å². The first kappa shape index (κ1) is 15.5. The van der Waals surface area contributed by atoms with Gasteiger partial charge in [0.1, 0.15) is 12.4 Å². The number of ether oxygens (including phenoxy) is 1. The molecule has 1 saturated carbocycles. The van der Waals surface area contributed by atoms with Gasteiger partial charge in [-0.25, -0.2) is 4.79 Å². The van der Waals surface area contributed by atoms with Crippen LogP contribution in [0.4, 0.5) is 0 Å². The summed E-state index contributed by atoms with van der Waals surface area (Å²) in [5, 5.41) is 17.6. The lowest BCUT2D eigenvalue weighted by Gasteiger charge is -2.20. The highest BCUT2D eigenvalue weighted by molar-refractivity contribution is 5.85. The van der Waals surface area contributed by atoms with Gasteiger partial charge >= 0.3 is 5.97 Å². The quantitative estimate of drug-likeness (QED) is 0.677. The molecule has 1 aliphatic carbocycles. The molecular formula is C16H21NO4. The average Bonchev–Trinajstić information content (AvgIpc) is 3.30. The van der Waals surface area contributed by atoms with Crippen LogP contribution in [0.3, 0.4) is 0 Å². The number of aliphatic hydroxyl groups excluding tert-OH is 1. The minimum absolute atomic E-state index is 0.182. The van der Waals surface area contributed by atoms with Crippen LogP contribution in [0.5, 0.6) is 5.75 Å². The molecule has 1 aromatic rings. The first-order valence-electron chi connectivity index (χ1n) is 7.18. The molecule has 0 amide bonds. The zero-order valence-corrected chi connectivity index (χ0v) is 11.9. The van der Waals surface area contributed by atoms with Gasteiger partial charge in [-0.2, -0.15) is 0 Å². The molecule has 0 aromatic heterocycles. The summed E-state index contributed by atoms with van der Waals surface area (Å²) in [5.74, 6) is -0.193. The maximum absolute atomic E-state index is 10.4. The highest BCUT2D eigenvalue weighted by atomic mass is 16.5. The van der Waals surface area contributed by atoms with E-state index in [4.69, 9.17) is 14.9 Å². The van der Waals surface area contributed by atoms with Gasteiger partial charge in [0, 0.05) is 25.2 Å². The number of carboxylic acids is 1. The van der Waals surface area contributed by atoms with Gasteiger partial charge in [-0.05, 0) is 36.6 Å². The fraction of sp³-hybridized carbons (Fsp3) is 0.438. The molecule has 1 aromatic carbocycles.